The van der Waals surface area contributed by atoms with Crippen LogP contribution in [0.4, 0.5) is 11.5 Å². The second kappa shape index (κ2) is 8.18. The molecule has 3 rings (SSSR count). The Labute approximate surface area is 159 Å². The summed E-state index contributed by atoms with van der Waals surface area (Å²) in [5, 5.41) is 6.16. The minimum absolute atomic E-state index is 0.136. The fourth-order valence-electron chi connectivity index (χ4n) is 3.08. The van der Waals surface area contributed by atoms with Gasteiger partial charge in [-0.25, -0.2) is 4.98 Å². The van der Waals surface area contributed by atoms with Crippen LogP contribution in [-0.4, -0.2) is 62.0 Å². The number of amides is 2. The topological polar surface area (TPSA) is 77.6 Å². The highest BCUT2D eigenvalue weighted by Gasteiger charge is 2.22. The van der Waals surface area contributed by atoms with Gasteiger partial charge in [0.1, 0.15) is 5.82 Å². The summed E-state index contributed by atoms with van der Waals surface area (Å²) in [5.74, 6) is 0.306. The van der Waals surface area contributed by atoms with Gasteiger partial charge in [-0.15, -0.1) is 0 Å². The minimum Gasteiger partial charge on any atom is -0.353 e. The van der Waals surface area contributed by atoms with E-state index in [4.69, 9.17) is 0 Å². The van der Waals surface area contributed by atoms with Gasteiger partial charge in [-0.1, -0.05) is 18.2 Å². The molecule has 7 nitrogen and oxygen atoms in total. The predicted octanol–water partition coefficient (Wildman–Crippen LogP) is 1.75. The molecule has 2 N–H and O–H groups in total. The standard InChI is InChI=1S/C20H25N5O2/c1-14-6-4-5-7-16(14)19(26)23-15-12-17(20(27)24(2)3)18(22-13-15)25-10-8-21-9-11-25/h4-7,12-13,21H,8-11H2,1-3H3,(H,23,26). The lowest BCUT2D eigenvalue weighted by Gasteiger charge is -2.30. The maximum absolute atomic E-state index is 12.7. The Hall–Kier alpha value is -2.93. The third kappa shape index (κ3) is 4.25. The summed E-state index contributed by atoms with van der Waals surface area (Å²) in [5.41, 5.74) is 2.49. The highest BCUT2D eigenvalue weighted by Crippen LogP contribution is 2.23. The van der Waals surface area contributed by atoms with Crippen molar-refractivity contribution in [2.45, 2.75) is 6.92 Å². The van der Waals surface area contributed by atoms with Crippen LogP contribution in [0.3, 0.4) is 0 Å². The van der Waals surface area contributed by atoms with E-state index in [0.29, 0.717) is 22.6 Å². The Morgan fingerprint density at radius 3 is 2.52 bits per heavy atom. The number of carbonyl (C=O) groups excluding carboxylic acids is 2. The van der Waals surface area contributed by atoms with Gasteiger partial charge in [0.15, 0.2) is 0 Å². The van der Waals surface area contributed by atoms with Crippen molar-refractivity contribution in [2.75, 3.05) is 50.5 Å². The number of anilines is 2. The Balaban J connectivity index is 1.90. The molecule has 2 amide bonds. The van der Waals surface area contributed by atoms with Gasteiger partial charge < -0.3 is 20.4 Å². The van der Waals surface area contributed by atoms with Crippen LogP contribution in [0.1, 0.15) is 26.3 Å². The molecule has 2 heterocycles. The molecule has 1 aliphatic rings. The summed E-state index contributed by atoms with van der Waals surface area (Å²) in [6.45, 7) is 5.17. The van der Waals surface area contributed by atoms with E-state index in [1.54, 1.807) is 32.4 Å². The molecule has 2 aromatic rings. The number of nitrogens with zero attached hydrogens (tertiary/aromatic N) is 3. The lowest BCUT2D eigenvalue weighted by molar-refractivity contribution is 0.0827. The van der Waals surface area contributed by atoms with Gasteiger partial charge in [0.05, 0.1) is 17.4 Å². The number of aromatic nitrogens is 1. The molecule has 1 aromatic heterocycles. The van der Waals surface area contributed by atoms with Gasteiger partial charge in [0.2, 0.25) is 0 Å². The summed E-state index contributed by atoms with van der Waals surface area (Å²) >= 11 is 0. The molecular weight excluding hydrogens is 342 g/mol. The lowest BCUT2D eigenvalue weighted by Crippen LogP contribution is -2.44. The quantitative estimate of drug-likeness (QED) is 0.861. The van der Waals surface area contributed by atoms with Crippen LogP contribution in [0.5, 0.6) is 0 Å². The third-order valence-electron chi connectivity index (χ3n) is 4.57. The van der Waals surface area contributed by atoms with Gasteiger partial charge in [0.25, 0.3) is 11.8 Å². The summed E-state index contributed by atoms with van der Waals surface area (Å²) in [6, 6.07) is 9.10. The van der Waals surface area contributed by atoms with E-state index in [1.165, 1.54) is 4.90 Å². The first-order valence-electron chi connectivity index (χ1n) is 9.01. The minimum atomic E-state index is -0.215. The highest BCUT2D eigenvalue weighted by atomic mass is 16.2. The maximum atomic E-state index is 12.7. The molecule has 142 valence electrons. The first-order chi connectivity index (χ1) is 13.0. The first kappa shape index (κ1) is 18.8. The number of hydrogen-bond acceptors (Lipinski definition) is 5. The Morgan fingerprint density at radius 2 is 1.85 bits per heavy atom. The molecule has 0 radical (unpaired) electrons. The van der Waals surface area contributed by atoms with Crippen molar-refractivity contribution < 1.29 is 9.59 Å². The SMILES string of the molecule is Cc1ccccc1C(=O)Nc1cnc(N2CCNCC2)c(C(=O)N(C)C)c1. The molecule has 27 heavy (non-hydrogen) atoms. The lowest BCUT2D eigenvalue weighted by atomic mass is 10.1. The molecule has 1 aliphatic heterocycles. The Morgan fingerprint density at radius 1 is 1.15 bits per heavy atom. The summed E-state index contributed by atoms with van der Waals surface area (Å²) in [4.78, 5) is 33.4. The van der Waals surface area contributed by atoms with E-state index in [2.05, 4.69) is 20.5 Å². The number of nitrogens with one attached hydrogen (secondary N) is 2. The second-order valence-electron chi connectivity index (χ2n) is 6.80. The zero-order chi connectivity index (χ0) is 19.4. The smallest absolute Gasteiger partial charge is 0.257 e. The van der Waals surface area contributed by atoms with Crippen LogP contribution in [0, 0.1) is 6.92 Å². The van der Waals surface area contributed by atoms with E-state index in [9.17, 15) is 9.59 Å². The van der Waals surface area contributed by atoms with E-state index >= 15 is 0 Å². The third-order valence-corrected chi connectivity index (χ3v) is 4.57. The van der Waals surface area contributed by atoms with Crippen molar-refractivity contribution in [1.82, 2.24) is 15.2 Å². The van der Waals surface area contributed by atoms with Gasteiger partial charge in [0, 0.05) is 45.8 Å². The number of rotatable bonds is 4. The first-order valence-corrected chi connectivity index (χ1v) is 9.01. The highest BCUT2D eigenvalue weighted by molar-refractivity contribution is 6.06. The fourth-order valence-corrected chi connectivity index (χ4v) is 3.08. The van der Waals surface area contributed by atoms with E-state index in [0.717, 1.165) is 31.7 Å². The molecule has 0 unspecified atom stereocenters. The molecule has 0 atom stereocenters. The predicted molar refractivity (Wildman–Crippen MR) is 106 cm³/mol. The van der Waals surface area contributed by atoms with Crippen LogP contribution in [-0.2, 0) is 0 Å². The van der Waals surface area contributed by atoms with Crippen LogP contribution >= 0.6 is 0 Å². The average molecular weight is 367 g/mol. The monoisotopic (exact) mass is 367 g/mol. The molecule has 1 saturated heterocycles. The molecule has 0 aliphatic carbocycles. The molecule has 0 saturated carbocycles. The largest absolute Gasteiger partial charge is 0.353 e. The number of hydrogen-bond donors (Lipinski definition) is 2. The molecule has 0 spiro atoms. The van der Waals surface area contributed by atoms with E-state index in [-0.39, 0.29) is 11.8 Å². The van der Waals surface area contributed by atoms with Crippen LogP contribution in [0.25, 0.3) is 0 Å². The van der Waals surface area contributed by atoms with E-state index < -0.39 is 0 Å². The van der Waals surface area contributed by atoms with Crippen LogP contribution < -0.4 is 15.5 Å². The fraction of sp³-hybridized carbons (Fsp3) is 0.350. The summed E-state index contributed by atoms with van der Waals surface area (Å²) in [7, 11) is 3.42. The summed E-state index contributed by atoms with van der Waals surface area (Å²) < 4.78 is 0. The maximum Gasteiger partial charge on any atom is 0.257 e. The summed E-state index contributed by atoms with van der Waals surface area (Å²) in [6.07, 6.45) is 1.61. The molecular formula is C20H25N5O2. The van der Waals surface area contributed by atoms with Crippen LogP contribution in [0.2, 0.25) is 0 Å². The van der Waals surface area contributed by atoms with Gasteiger partial charge in [-0.05, 0) is 24.6 Å². The number of piperazine rings is 1. The number of benzene rings is 1. The number of carbonyl (C=O) groups is 2. The van der Waals surface area contributed by atoms with Crippen molar-refractivity contribution in [1.29, 1.82) is 0 Å². The normalized spacial score (nSPS) is 14.0. The Kier molecular flexibility index (Phi) is 5.71. The van der Waals surface area contributed by atoms with Crippen molar-refractivity contribution in [3.8, 4) is 0 Å². The molecule has 7 heteroatoms. The van der Waals surface area contributed by atoms with Gasteiger partial charge in [-0.2, -0.15) is 0 Å². The van der Waals surface area contributed by atoms with Crippen LogP contribution in [0.15, 0.2) is 36.5 Å². The average Bonchev–Trinajstić information content (AvgIpc) is 2.68. The van der Waals surface area contributed by atoms with Gasteiger partial charge >= 0.3 is 0 Å². The zero-order valence-electron chi connectivity index (χ0n) is 16.0. The number of aryl methyl sites for hydroxylation is 1. The van der Waals surface area contributed by atoms with Crippen molar-refractivity contribution in [3.05, 3.63) is 53.2 Å². The molecule has 0 bridgehead atoms. The van der Waals surface area contributed by atoms with Gasteiger partial charge in [-0.3, -0.25) is 9.59 Å². The second-order valence-corrected chi connectivity index (χ2v) is 6.80. The van der Waals surface area contributed by atoms with E-state index in [1.807, 2.05) is 25.1 Å². The van der Waals surface area contributed by atoms with Crippen molar-refractivity contribution in [2.24, 2.45) is 0 Å². The molecule has 1 aromatic carbocycles. The Bertz CT molecular complexity index is 844. The number of pyridine rings is 1. The van der Waals surface area contributed by atoms with Crippen molar-refractivity contribution in [3.63, 3.8) is 0 Å². The van der Waals surface area contributed by atoms with Crippen molar-refractivity contribution >= 4 is 23.3 Å². The zero-order valence-corrected chi connectivity index (χ0v) is 16.0. The molecule has 1 fully saturated rings.